The Hall–Kier alpha value is -0.690. The van der Waals surface area contributed by atoms with Crippen LogP contribution >= 0.6 is 0 Å². The standard InChI is InChI=1S/C20H35N3O3/c1-14-17(24)6-5-16-15(12-19(25)26-20(14)16)13-22-8-10-23(11-9-22)18-4-2-3-7-21-18/h14-18,20-21,24H,2-13H2,1H3/p+1. The third kappa shape index (κ3) is 3.93. The van der Waals surface area contributed by atoms with E-state index in [0.717, 1.165) is 45.6 Å². The minimum absolute atomic E-state index is 0.0624. The van der Waals surface area contributed by atoms with E-state index in [2.05, 4.69) is 15.1 Å². The Balaban J connectivity index is 1.31. The summed E-state index contributed by atoms with van der Waals surface area (Å²) < 4.78 is 5.66. The minimum atomic E-state index is -0.321. The van der Waals surface area contributed by atoms with E-state index in [1.807, 2.05) is 6.92 Å². The number of aliphatic hydroxyl groups excluding tert-OH is 1. The molecule has 6 unspecified atom stereocenters. The van der Waals surface area contributed by atoms with Crippen LogP contribution in [0.25, 0.3) is 0 Å². The number of quaternary nitrogens is 1. The number of rotatable bonds is 3. The third-order valence-corrected chi connectivity index (χ3v) is 7.41. The normalized spacial score (nSPS) is 42.9. The maximum Gasteiger partial charge on any atom is 0.306 e. The smallest absolute Gasteiger partial charge is 0.306 e. The molecule has 3 aliphatic heterocycles. The van der Waals surface area contributed by atoms with Crippen LogP contribution in [-0.2, 0) is 9.53 Å². The number of aliphatic hydroxyl groups is 1. The van der Waals surface area contributed by atoms with Gasteiger partial charge in [-0.05, 0) is 31.6 Å². The van der Waals surface area contributed by atoms with Crippen LogP contribution in [0.15, 0.2) is 0 Å². The maximum absolute atomic E-state index is 12.1. The third-order valence-electron chi connectivity index (χ3n) is 7.41. The molecule has 6 heteroatoms. The lowest BCUT2D eigenvalue weighted by molar-refractivity contribution is -0.717. The molecule has 0 bridgehead atoms. The number of nitrogens with zero attached hydrogens (tertiary/aromatic N) is 2. The first-order valence-electron chi connectivity index (χ1n) is 10.8. The molecule has 1 saturated carbocycles. The molecule has 0 aromatic rings. The van der Waals surface area contributed by atoms with Crippen molar-refractivity contribution < 1.29 is 20.0 Å². The molecule has 3 heterocycles. The zero-order chi connectivity index (χ0) is 18.1. The number of ether oxygens (including phenoxy) is 1. The van der Waals surface area contributed by atoms with Gasteiger partial charge in [-0.1, -0.05) is 6.92 Å². The maximum atomic E-state index is 12.1. The lowest BCUT2D eigenvalue weighted by Gasteiger charge is -2.47. The van der Waals surface area contributed by atoms with E-state index in [1.54, 1.807) is 0 Å². The second-order valence-corrected chi connectivity index (χ2v) is 9.01. The van der Waals surface area contributed by atoms with Crippen molar-refractivity contribution in [3.05, 3.63) is 0 Å². The highest BCUT2D eigenvalue weighted by atomic mass is 16.5. The first-order valence-corrected chi connectivity index (χ1v) is 10.8. The van der Waals surface area contributed by atoms with Crippen molar-refractivity contribution in [2.75, 3.05) is 39.3 Å². The first kappa shape index (κ1) is 18.7. The number of carbonyl (C=O) groups excluding carboxylic acids is 1. The molecule has 0 spiro atoms. The van der Waals surface area contributed by atoms with Gasteiger partial charge in [-0.25, -0.2) is 0 Å². The summed E-state index contributed by atoms with van der Waals surface area (Å²) in [6.07, 6.45) is 6.76. The van der Waals surface area contributed by atoms with Crippen molar-refractivity contribution in [3.63, 3.8) is 0 Å². The fourth-order valence-electron chi connectivity index (χ4n) is 5.73. The average molecular weight is 367 g/mol. The van der Waals surface area contributed by atoms with Crippen molar-refractivity contribution in [2.45, 2.75) is 63.8 Å². The predicted molar refractivity (Wildman–Crippen MR) is 98.3 cm³/mol. The van der Waals surface area contributed by atoms with Crippen molar-refractivity contribution in [3.8, 4) is 0 Å². The topological polar surface area (TPSA) is 69.6 Å². The Morgan fingerprint density at radius 2 is 1.96 bits per heavy atom. The molecule has 0 amide bonds. The summed E-state index contributed by atoms with van der Waals surface area (Å²) in [4.78, 5) is 17.4. The van der Waals surface area contributed by atoms with E-state index in [4.69, 9.17) is 4.74 Å². The number of carbonyl (C=O) groups is 1. The van der Waals surface area contributed by atoms with Crippen LogP contribution in [0.1, 0.15) is 45.4 Å². The molecule has 6 nitrogen and oxygen atoms in total. The summed E-state index contributed by atoms with van der Waals surface area (Å²) in [5.41, 5.74) is 0. The van der Waals surface area contributed by atoms with Gasteiger partial charge >= 0.3 is 5.97 Å². The number of esters is 1. The molecule has 6 atom stereocenters. The van der Waals surface area contributed by atoms with Crippen LogP contribution < -0.4 is 5.32 Å². The number of piperazine rings is 1. The first-order chi connectivity index (χ1) is 12.6. The Labute approximate surface area is 157 Å². The second-order valence-electron chi connectivity index (χ2n) is 9.01. The van der Waals surface area contributed by atoms with Crippen LogP contribution in [0.4, 0.5) is 0 Å². The molecular weight excluding hydrogens is 330 g/mol. The SMILES string of the molecule is CC1C(O)CCC2C(CN3CCN(C4CCCC[NH2+]4)CC3)CC(=O)OC12. The largest absolute Gasteiger partial charge is 0.462 e. The Bertz CT molecular complexity index is 489. The van der Waals surface area contributed by atoms with Gasteiger partial charge in [-0.15, -0.1) is 0 Å². The summed E-state index contributed by atoms with van der Waals surface area (Å²) in [6.45, 7) is 8.88. The summed E-state index contributed by atoms with van der Waals surface area (Å²) in [7, 11) is 0. The van der Waals surface area contributed by atoms with Gasteiger partial charge < -0.3 is 20.1 Å². The minimum Gasteiger partial charge on any atom is -0.462 e. The van der Waals surface area contributed by atoms with Gasteiger partial charge in [0.2, 0.25) is 0 Å². The fraction of sp³-hybridized carbons (Fsp3) is 0.950. The van der Waals surface area contributed by atoms with E-state index < -0.39 is 0 Å². The summed E-state index contributed by atoms with van der Waals surface area (Å²) >= 11 is 0. The van der Waals surface area contributed by atoms with Gasteiger partial charge in [0.25, 0.3) is 0 Å². The number of fused-ring (bicyclic) bond motifs is 1. The van der Waals surface area contributed by atoms with Crippen LogP contribution in [0.3, 0.4) is 0 Å². The molecule has 0 radical (unpaired) electrons. The molecule has 148 valence electrons. The lowest BCUT2D eigenvalue weighted by atomic mass is 9.69. The molecule has 0 aromatic heterocycles. The van der Waals surface area contributed by atoms with Gasteiger partial charge in [0, 0.05) is 57.4 Å². The van der Waals surface area contributed by atoms with E-state index >= 15 is 0 Å². The Morgan fingerprint density at radius 1 is 1.15 bits per heavy atom. The van der Waals surface area contributed by atoms with Gasteiger partial charge in [-0.2, -0.15) is 0 Å². The van der Waals surface area contributed by atoms with Gasteiger partial charge in [0.05, 0.1) is 12.6 Å². The van der Waals surface area contributed by atoms with Crippen LogP contribution in [0.5, 0.6) is 0 Å². The molecule has 4 rings (SSSR count). The van der Waals surface area contributed by atoms with Crippen molar-refractivity contribution >= 4 is 5.97 Å². The highest BCUT2D eigenvalue weighted by molar-refractivity contribution is 5.71. The summed E-state index contributed by atoms with van der Waals surface area (Å²) in [6, 6.07) is 0. The molecule has 4 aliphatic rings. The number of hydrogen-bond acceptors (Lipinski definition) is 5. The van der Waals surface area contributed by atoms with E-state index in [9.17, 15) is 9.90 Å². The highest BCUT2D eigenvalue weighted by Crippen LogP contribution is 2.41. The second kappa shape index (κ2) is 8.13. The zero-order valence-corrected chi connectivity index (χ0v) is 16.2. The van der Waals surface area contributed by atoms with Gasteiger partial charge in [-0.3, -0.25) is 9.69 Å². The Morgan fingerprint density at radius 3 is 2.69 bits per heavy atom. The van der Waals surface area contributed by atoms with Gasteiger partial charge in [0.15, 0.2) is 0 Å². The fourth-order valence-corrected chi connectivity index (χ4v) is 5.73. The average Bonchev–Trinajstić information content (AvgIpc) is 2.66. The summed E-state index contributed by atoms with van der Waals surface area (Å²) in [5.74, 6) is 0.826. The monoisotopic (exact) mass is 366 g/mol. The van der Waals surface area contributed by atoms with Crippen molar-refractivity contribution in [2.24, 2.45) is 17.8 Å². The molecule has 26 heavy (non-hydrogen) atoms. The highest BCUT2D eigenvalue weighted by Gasteiger charge is 2.46. The van der Waals surface area contributed by atoms with Crippen molar-refractivity contribution in [1.29, 1.82) is 0 Å². The van der Waals surface area contributed by atoms with Gasteiger partial charge in [0.1, 0.15) is 12.3 Å². The predicted octanol–water partition coefficient (Wildman–Crippen LogP) is 0.0161. The van der Waals surface area contributed by atoms with Crippen LogP contribution in [0.2, 0.25) is 0 Å². The van der Waals surface area contributed by atoms with E-state index in [0.29, 0.717) is 24.4 Å². The van der Waals surface area contributed by atoms with Crippen LogP contribution in [0, 0.1) is 17.8 Å². The molecule has 1 aliphatic carbocycles. The Kier molecular flexibility index (Phi) is 5.84. The molecule has 3 saturated heterocycles. The molecule has 3 N–H and O–H groups in total. The molecular formula is C20H36N3O3+. The van der Waals surface area contributed by atoms with E-state index in [-0.39, 0.29) is 24.1 Å². The summed E-state index contributed by atoms with van der Waals surface area (Å²) in [5, 5.41) is 12.7. The number of piperidine rings is 1. The van der Waals surface area contributed by atoms with E-state index in [1.165, 1.54) is 25.8 Å². The van der Waals surface area contributed by atoms with Crippen LogP contribution in [-0.4, -0.2) is 78.5 Å². The quantitative estimate of drug-likeness (QED) is 0.689. The molecule has 0 aromatic carbocycles. The zero-order valence-electron chi connectivity index (χ0n) is 16.2. The molecule has 4 fully saturated rings. The van der Waals surface area contributed by atoms with Crippen molar-refractivity contribution in [1.82, 2.24) is 9.80 Å². The lowest BCUT2D eigenvalue weighted by Crippen LogP contribution is -2.95. The number of hydrogen-bond donors (Lipinski definition) is 2. The number of nitrogens with two attached hydrogens (primary N) is 1.